The highest BCUT2D eigenvalue weighted by Crippen LogP contribution is 2.29. The molecule has 0 amide bonds. The molecule has 0 aromatic heterocycles. The molecule has 0 fully saturated rings. The monoisotopic (exact) mass is 318 g/mol. The van der Waals surface area contributed by atoms with Crippen LogP contribution in [0.4, 0.5) is 0 Å². The smallest absolute Gasteiger partial charge is 0.171 e. The van der Waals surface area contributed by atoms with E-state index in [-0.39, 0.29) is 12.4 Å². The molecule has 4 nitrogen and oxygen atoms in total. The van der Waals surface area contributed by atoms with E-state index in [1.54, 1.807) is 17.8 Å². The van der Waals surface area contributed by atoms with Crippen LogP contribution in [0.5, 0.6) is 0 Å². The summed E-state index contributed by atoms with van der Waals surface area (Å²) in [5.41, 5.74) is 6.18. The molecule has 0 heterocycles. The van der Waals surface area contributed by atoms with Gasteiger partial charge in [0.05, 0.1) is 0 Å². The number of aliphatic hydroxyl groups is 1. The highest BCUT2D eigenvalue weighted by Gasteiger charge is 2.08. The van der Waals surface area contributed by atoms with Gasteiger partial charge in [-0.3, -0.25) is 0 Å². The Morgan fingerprint density at radius 1 is 1.59 bits per heavy atom. The van der Waals surface area contributed by atoms with E-state index < -0.39 is 0 Å². The number of hydrogen-bond acceptors (Lipinski definition) is 4. The number of benzene rings is 1. The van der Waals surface area contributed by atoms with Crippen LogP contribution in [0.3, 0.4) is 0 Å². The van der Waals surface area contributed by atoms with Crippen LogP contribution in [0, 0.1) is 0 Å². The third-order valence-corrected chi connectivity index (χ3v) is 4.02. The molecule has 0 radical (unpaired) electrons. The van der Waals surface area contributed by atoms with Crippen LogP contribution in [0.25, 0.3) is 0 Å². The Labute approximate surface area is 113 Å². The molecule has 0 aliphatic heterocycles. The van der Waals surface area contributed by atoms with Crippen molar-refractivity contribution in [2.45, 2.75) is 23.5 Å². The minimum atomic E-state index is 0.0804. The lowest BCUT2D eigenvalue weighted by atomic mass is 10.2. The van der Waals surface area contributed by atoms with Gasteiger partial charge in [-0.1, -0.05) is 12.1 Å². The molecule has 0 saturated carbocycles. The summed E-state index contributed by atoms with van der Waals surface area (Å²) in [7, 11) is 0. The predicted molar refractivity (Wildman–Crippen MR) is 73.7 cm³/mol. The molecular weight excluding hydrogens is 304 g/mol. The SMILES string of the molecule is CC(CCO)Sc1ccc(/C(N)=N/O)c(Br)c1. The second kappa shape index (κ2) is 6.88. The number of aliphatic hydroxyl groups excluding tert-OH is 1. The van der Waals surface area contributed by atoms with Gasteiger partial charge in [-0.15, -0.1) is 11.8 Å². The molecule has 1 unspecified atom stereocenters. The Kier molecular flexibility index (Phi) is 5.80. The number of thioether (sulfide) groups is 1. The minimum absolute atomic E-state index is 0.0804. The first-order chi connectivity index (χ1) is 8.08. The molecule has 17 heavy (non-hydrogen) atoms. The average molecular weight is 319 g/mol. The molecule has 6 heteroatoms. The maximum absolute atomic E-state index is 8.84. The van der Waals surface area contributed by atoms with Gasteiger partial charge < -0.3 is 16.0 Å². The first kappa shape index (κ1) is 14.3. The lowest BCUT2D eigenvalue weighted by Crippen LogP contribution is -2.13. The van der Waals surface area contributed by atoms with Gasteiger partial charge in [0.15, 0.2) is 5.84 Å². The first-order valence-corrected chi connectivity index (χ1v) is 6.80. The Balaban J connectivity index is 2.82. The minimum Gasteiger partial charge on any atom is -0.409 e. The van der Waals surface area contributed by atoms with Gasteiger partial charge in [-0.05, 0) is 40.5 Å². The van der Waals surface area contributed by atoms with Crippen molar-refractivity contribution in [1.82, 2.24) is 0 Å². The van der Waals surface area contributed by atoms with Crippen LogP contribution in [-0.4, -0.2) is 28.0 Å². The molecule has 0 bridgehead atoms. The van der Waals surface area contributed by atoms with Crippen molar-refractivity contribution in [2.75, 3.05) is 6.61 Å². The zero-order valence-electron chi connectivity index (χ0n) is 9.43. The summed E-state index contributed by atoms with van der Waals surface area (Å²) in [6, 6.07) is 5.63. The summed E-state index contributed by atoms with van der Waals surface area (Å²) in [6.07, 6.45) is 0.754. The van der Waals surface area contributed by atoms with E-state index in [4.69, 9.17) is 16.0 Å². The molecule has 4 N–H and O–H groups in total. The van der Waals surface area contributed by atoms with E-state index in [0.717, 1.165) is 15.8 Å². The highest BCUT2D eigenvalue weighted by atomic mass is 79.9. The molecule has 0 aliphatic rings. The Morgan fingerprint density at radius 2 is 2.29 bits per heavy atom. The fourth-order valence-corrected chi connectivity index (χ4v) is 3.06. The molecule has 1 rings (SSSR count). The topological polar surface area (TPSA) is 78.8 Å². The maximum Gasteiger partial charge on any atom is 0.171 e. The van der Waals surface area contributed by atoms with Crippen LogP contribution in [0.15, 0.2) is 32.7 Å². The quantitative estimate of drug-likeness (QED) is 0.256. The fraction of sp³-hybridized carbons (Fsp3) is 0.364. The summed E-state index contributed by atoms with van der Waals surface area (Å²) < 4.78 is 0.786. The zero-order valence-corrected chi connectivity index (χ0v) is 11.8. The standard InChI is InChI=1S/C11H15BrN2O2S/c1-7(4-5-15)17-8-2-3-9(10(12)6-8)11(13)14-16/h2-3,6-7,15-16H,4-5H2,1H3,(H2,13,14). The van der Waals surface area contributed by atoms with Crippen molar-refractivity contribution in [1.29, 1.82) is 0 Å². The Bertz CT molecular complexity index is 412. The average Bonchev–Trinajstić information content (AvgIpc) is 2.28. The van der Waals surface area contributed by atoms with Crippen LogP contribution in [0.2, 0.25) is 0 Å². The van der Waals surface area contributed by atoms with Gasteiger partial charge in [0.1, 0.15) is 0 Å². The van der Waals surface area contributed by atoms with E-state index in [2.05, 4.69) is 28.0 Å². The summed E-state index contributed by atoms with van der Waals surface area (Å²) >= 11 is 5.06. The number of oxime groups is 1. The first-order valence-electron chi connectivity index (χ1n) is 5.13. The third kappa shape index (κ3) is 4.22. The van der Waals surface area contributed by atoms with Crippen molar-refractivity contribution in [3.8, 4) is 0 Å². The number of nitrogens with zero attached hydrogens (tertiary/aromatic N) is 1. The van der Waals surface area contributed by atoms with Crippen LogP contribution >= 0.6 is 27.7 Å². The van der Waals surface area contributed by atoms with E-state index in [9.17, 15) is 0 Å². The van der Waals surface area contributed by atoms with Crippen molar-refractivity contribution in [3.05, 3.63) is 28.2 Å². The third-order valence-electron chi connectivity index (χ3n) is 2.20. The summed E-state index contributed by atoms with van der Waals surface area (Å²) in [5, 5.41) is 20.8. The highest BCUT2D eigenvalue weighted by molar-refractivity contribution is 9.10. The van der Waals surface area contributed by atoms with Crippen molar-refractivity contribution in [2.24, 2.45) is 10.9 Å². The molecule has 1 aromatic rings. The van der Waals surface area contributed by atoms with Crippen LogP contribution in [-0.2, 0) is 0 Å². The van der Waals surface area contributed by atoms with Gasteiger partial charge in [0.25, 0.3) is 0 Å². The Hall–Kier alpha value is -0.720. The van der Waals surface area contributed by atoms with Crippen molar-refractivity contribution < 1.29 is 10.3 Å². The Morgan fingerprint density at radius 3 is 2.82 bits per heavy atom. The van der Waals surface area contributed by atoms with Gasteiger partial charge in [-0.25, -0.2) is 0 Å². The largest absolute Gasteiger partial charge is 0.409 e. The van der Waals surface area contributed by atoms with Gasteiger partial charge in [0, 0.05) is 26.8 Å². The molecule has 0 saturated heterocycles. The summed E-state index contributed by atoms with van der Waals surface area (Å²) in [6.45, 7) is 2.25. The number of halogens is 1. The lowest BCUT2D eigenvalue weighted by Gasteiger charge is -2.10. The normalized spacial score (nSPS) is 13.7. The van der Waals surface area contributed by atoms with Crippen molar-refractivity contribution in [3.63, 3.8) is 0 Å². The number of amidine groups is 1. The van der Waals surface area contributed by atoms with E-state index >= 15 is 0 Å². The lowest BCUT2D eigenvalue weighted by molar-refractivity contribution is 0.289. The van der Waals surface area contributed by atoms with Crippen LogP contribution < -0.4 is 5.73 Å². The molecule has 1 aromatic carbocycles. The molecular formula is C11H15BrN2O2S. The molecule has 1 atom stereocenters. The van der Waals surface area contributed by atoms with E-state index in [1.165, 1.54) is 0 Å². The van der Waals surface area contributed by atoms with Crippen LogP contribution in [0.1, 0.15) is 18.9 Å². The fourth-order valence-electron chi connectivity index (χ4n) is 1.30. The molecule has 94 valence electrons. The van der Waals surface area contributed by atoms with E-state index in [1.807, 2.05) is 12.1 Å². The molecule has 0 aliphatic carbocycles. The number of hydrogen-bond donors (Lipinski definition) is 3. The van der Waals surface area contributed by atoms with E-state index in [0.29, 0.717) is 10.8 Å². The zero-order chi connectivity index (χ0) is 12.8. The summed E-state index contributed by atoms with van der Waals surface area (Å²) in [4.78, 5) is 1.08. The second-order valence-corrected chi connectivity index (χ2v) is 5.93. The molecule has 0 spiro atoms. The predicted octanol–water partition coefficient (Wildman–Crippen LogP) is 2.41. The van der Waals surface area contributed by atoms with Crippen molar-refractivity contribution >= 4 is 33.5 Å². The van der Waals surface area contributed by atoms with Gasteiger partial charge >= 0.3 is 0 Å². The summed E-state index contributed by atoms with van der Waals surface area (Å²) in [5.74, 6) is 0.0804. The van der Waals surface area contributed by atoms with Gasteiger partial charge in [-0.2, -0.15) is 0 Å². The second-order valence-electron chi connectivity index (χ2n) is 3.57. The maximum atomic E-state index is 8.84. The van der Waals surface area contributed by atoms with Gasteiger partial charge in [0.2, 0.25) is 0 Å². The number of rotatable bonds is 5. The number of nitrogens with two attached hydrogens (primary N) is 1.